The zero-order valence-electron chi connectivity index (χ0n) is 16.1. The minimum atomic E-state index is -0.620. The highest BCUT2D eigenvalue weighted by Crippen LogP contribution is 2.26. The Kier molecular flexibility index (Phi) is 5.93. The van der Waals surface area contributed by atoms with E-state index < -0.39 is 17.6 Å². The predicted molar refractivity (Wildman–Crippen MR) is 108 cm³/mol. The Morgan fingerprint density at radius 3 is 2.59 bits per heavy atom. The number of carbonyl (C=O) groups is 2. The van der Waals surface area contributed by atoms with Crippen molar-refractivity contribution in [3.63, 3.8) is 0 Å². The third-order valence-corrected chi connectivity index (χ3v) is 4.50. The van der Waals surface area contributed by atoms with Crippen LogP contribution in [0.15, 0.2) is 36.4 Å². The lowest BCUT2D eigenvalue weighted by molar-refractivity contribution is 0.0964. The fourth-order valence-electron chi connectivity index (χ4n) is 2.88. The average Bonchev–Trinajstić information content (AvgIpc) is 3.13. The van der Waals surface area contributed by atoms with Gasteiger partial charge in [0.15, 0.2) is 0 Å². The third-order valence-electron chi connectivity index (χ3n) is 4.28. The summed E-state index contributed by atoms with van der Waals surface area (Å²) in [5, 5.41) is 9.74. The van der Waals surface area contributed by atoms with E-state index in [9.17, 15) is 14.0 Å². The van der Waals surface area contributed by atoms with Gasteiger partial charge in [0.2, 0.25) is 5.82 Å². The number of amides is 2. The van der Waals surface area contributed by atoms with Crippen LogP contribution in [0.3, 0.4) is 0 Å². The van der Waals surface area contributed by atoms with Crippen LogP contribution in [0.25, 0.3) is 5.69 Å². The zero-order valence-corrected chi connectivity index (χ0v) is 16.8. The summed E-state index contributed by atoms with van der Waals surface area (Å²) in [7, 11) is 1.48. The molecule has 9 heteroatoms. The Labute approximate surface area is 171 Å². The monoisotopic (exact) mass is 415 g/mol. The van der Waals surface area contributed by atoms with Crippen LogP contribution in [-0.4, -0.2) is 33.6 Å². The number of hydrogen-bond acceptors (Lipinski definition) is 4. The average molecular weight is 416 g/mol. The molecule has 0 aliphatic carbocycles. The van der Waals surface area contributed by atoms with E-state index in [2.05, 4.69) is 20.7 Å². The maximum Gasteiger partial charge on any atom is 0.295 e. The molecule has 7 nitrogen and oxygen atoms in total. The number of nitrogens with one attached hydrogen (secondary N) is 2. The molecule has 2 N–H and O–H groups in total. The standard InChI is InChI=1S/C20H19ClFN5O2/c1-4-16-24-18(26-27(16)15-8-6-5-7-14(15)22)20(29)25-17-11(2)9-12(21)10-13(17)19(28)23-3/h5-10H,4H2,1-3H3,(H,23,28)(H,25,29). The summed E-state index contributed by atoms with van der Waals surface area (Å²) in [6.07, 6.45) is 0.443. The molecule has 29 heavy (non-hydrogen) atoms. The topological polar surface area (TPSA) is 88.9 Å². The van der Waals surface area contributed by atoms with Crippen molar-refractivity contribution in [2.75, 3.05) is 12.4 Å². The molecule has 1 aromatic heterocycles. The van der Waals surface area contributed by atoms with Crippen molar-refractivity contribution < 1.29 is 14.0 Å². The van der Waals surface area contributed by atoms with Gasteiger partial charge < -0.3 is 10.6 Å². The minimum absolute atomic E-state index is 0.137. The van der Waals surface area contributed by atoms with E-state index in [1.54, 1.807) is 31.2 Å². The molecule has 0 aliphatic heterocycles. The molecule has 0 atom stereocenters. The van der Waals surface area contributed by atoms with Gasteiger partial charge in [-0.1, -0.05) is 30.7 Å². The van der Waals surface area contributed by atoms with E-state index in [0.29, 0.717) is 28.5 Å². The summed E-state index contributed by atoms with van der Waals surface area (Å²) in [5.41, 5.74) is 1.33. The first kappa shape index (κ1) is 20.5. The van der Waals surface area contributed by atoms with Gasteiger partial charge in [0.05, 0.1) is 11.3 Å². The molecule has 0 radical (unpaired) electrons. The number of halogens is 2. The summed E-state index contributed by atoms with van der Waals surface area (Å²) < 4.78 is 15.5. The number of benzene rings is 2. The second-order valence-corrected chi connectivity index (χ2v) is 6.68. The lowest BCUT2D eigenvalue weighted by Gasteiger charge is -2.13. The van der Waals surface area contributed by atoms with Crippen LogP contribution in [0.1, 0.15) is 39.3 Å². The second kappa shape index (κ2) is 8.40. The van der Waals surface area contributed by atoms with Crippen LogP contribution in [0.4, 0.5) is 10.1 Å². The van der Waals surface area contributed by atoms with Gasteiger partial charge in [-0.2, -0.15) is 0 Å². The van der Waals surface area contributed by atoms with E-state index in [4.69, 9.17) is 11.6 Å². The van der Waals surface area contributed by atoms with Crippen molar-refractivity contribution in [3.05, 3.63) is 70.0 Å². The molecule has 0 saturated heterocycles. The summed E-state index contributed by atoms with van der Waals surface area (Å²) >= 11 is 6.05. The SMILES string of the molecule is CCc1nc(C(=O)Nc2c(C)cc(Cl)cc2C(=O)NC)nn1-c1ccccc1F. The highest BCUT2D eigenvalue weighted by Gasteiger charge is 2.21. The summed E-state index contributed by atoms with van der Waals surface area (Å²) in [6.45, 7) is 3.55. The van der Waals surface area contributed by atoms with Gasteiger partial charge in [0.1, 0.15) is 17.3 Å². The van der Waals surface area contributed by atoms with Gasteiger partial charge in [0, 0.05) is 18.5 Å². The van der Waals surface area contributed by atoms with Gasteiger partial charge in [-0.25, -0.2) is 14.1 Å². The fourth-order valence-corrected chi connectivity index (χ4v) is 3.15. The van der Waals surface area contributed by atoms with Crippen LogP contribution in [-0.2, 0) is 6.42 Å². The lowest BCUT2D eigenvalue weighted by Crippen LogP contribution is -2.23. The highest BCUT2D eigenvalue weighted by molar-refractivity contribution is 6.31. The summed E-state index contributed by atoms with van der Waals surface area (Å²) in [6, 6.07) is 9.20. The number of anilines is 1. The van der Waals surface area contributed by atoms with Crippen molar-refractivity contribution in [3.8, 4) is 5.69 Å². The number of carbonyl (C=O) groups excluding carboxylic acids is 2. The van der Waals surface area contributed by atoms with Crippen LogP contribution >= 0.6 is 11.6 Å². The van der Waals surface area contributed by atoms with E-state index in [0.717, 1.165) is 0 Å². The maximum atomic E-state index is 14.2. The number of aryl methyl sites for hydroxylation is 2. The number of para-hydroxylation sites is 1. The summed E-state index contributed by atoms with van der Waals surface area (Å²) in [4.78, 5) is 29.2. The molecule has 2 amide bonds. The highest BCUT2D eigenvalue weighted by atomic mass is 35.5. The minimum Gasteiger partial charge on any atom is -0.355 e. The molecule has 0 unspecified atom stereocenters. The van der Waals surface area contributed by atoms with Gasteiger partial charge in [-0.3, -0.25) is 9.59 Å². The molecule has 0 bridgehead atoms. The maximum absolute atomic E-state index is 14.2. The Morgan fingerprint density at radius 2 is 1.93 bits per heavy atom. The third kappa shape index (κ3) is 4.12. The first-order chi connectivity index (χ1) is 13.8. The van der Waals surface area contributed by atoms with Gasteiger partial charge in [0.25, 0.3) is 11.8 Å². The van der Waals surface area contributed by atoms with Crippen molar-refractivity contribution in [2.45, 2.75) is 20.3 Å². The largest absolute Gasteiger partial charge is 0.355 e. The molecule has 0 aliphatic rings. The number of hydrogen-bond donors (Lipinski definition) is 2. The number of rotatable bonds is 5. The molecule has 0 saturated carbocycles. The van der Waals surface area contributed by atoms with Crippen LogP contribution in [0.2, 0.25) is 5.02 Å². The first-order valence-electron chi connectivity index (χ1n) is 8.90. The van der Waals surface area contributed by atoms with E-state index in [1.807, 2.05) is 6.92 Å². The molecule has 1 heterocycles. The smallest absolute Gasteiger partial charge is 0.295 e. The molecular formula is C20H19ClFN5O2. The lowest BCUT2D eigenvalue weighted by atomic mass is 10.1. The normalized spacial score (nSPS) is 10.7. The van der Waals surface area contributed by atoms with Crippen molar-refractivity contribution in [2.24, 2.45) is 0 Å². The zero-order chi connectivity index (χ0) is 21.1. The molecular weight excluding hydrogens is 397 g/mol. The van der Waals surface area contributed by atoms with Crippen LogP contribution in [0, 0.1) is 12.7 Å². The Balaban J connectivity index is 1.99. The van der Waals surface area contributed by atoms with Gasteiger partial charge in [-0.15, -0.1) is 5.10 Å². The molecule has 2 aromatic carbocycles. The van der Waals surface area contributed by atoms with Crippen LogP contribution < -0.4 is 10.6 Å². The molecule has 150 valence electrons. The predicted octanol–water partition coefficient (Wildman–Crippen LogP) is 3.54. The first-order valence-corrected chi connectivity index (χ1v) is 9.27. The quantitative estimate of drug-likeness (QED) is 0.667. The second-order valence-electron chi connectivity index (χ2n) is 6.25. The van der Waals surface area contributed by atoms with E-state index in [-0.39, 0.29) is 17.1 Å². The summed E-state index contributed by atoms with van der Waals surface area (Å²) in [5.74, 6) is -1.20. The molecule has 3 rings (SSSR count). The number of nitrogens with zero attached hydrogens (tertiary/aromatic N) is 3. The van der Waals surface area contributed by atoms with Gasteiger partial charge in [-0.05, 0) is 36.8 Å². The number of aromatic nitrogens is 3. The van der Waals surface area contributed by atoms with E-state index in [1.165, 1.54) is 23.9 Å². The Hall–Kier alpha value is -3.26. The van der Waals surface area contributed by atoms with Gasteiger partial charge >= 0.3 is 0 Å². The molecule has 0 spiro atoms. The molecule has 3 aromatic rings. The Bertz CT molecular complexity index is 1100. The Morgan fingerprint density at radius 1 is 1.21 bits per heavy atom. The van der Waals surface area contributed by atoms with Crippen molar-refractivity contribution in [1.29, 1.82) is 0 Å². The van der Waals surface area contributed by atoms with Crippen molar-refractivity contribution in [1.82, 2.24) is 20.1 Å². The van der Waals surface area contributed by atoms with E-state index >= 15 is 0 Å². The van der Waals surface area contributed by atoms with Crippen molar-refractivity contribution >= 4 is 29.1 Å². The van der Waals surface area contributed by atoms with Crippen LogP contribution in [0.5, 0.6) is 0 Å². The molecule has 0 fully saturated rings. The fraction of sp³-hybridized carbons (Fsp3) is 0.200.